The highest BCUT2D eigenvalue weighted by atomic mass is 32.2. The third-order valence-electron chi connectivity index (χ3n) is 2.37. The highest BCUT2D eigenvalue weighted by molar-refractivity contribution is 7.90. The first-order valence-corrected chi connectivity index (χ1v) is 7.48. The topological polar surface area (TPSA) is 90.9 Å². The molecule has 0 aliphatic heterocycles. The van der Waals surface area contributed by atoms with Crippen molar-refractivity contribution in [3.63, 3.8) is 0 Å². The van der Waals surface area contributed by atoms with Crippen LogP contribution in [0.15, 0.2) is 6.33 Å². The van der Waals surface area contributed by atoms with Crippen molar-refractivity contribution in [2.45, 2.75) is 45.0 Å². The van der Waals surface area contributed by atoms with E-state index in [0.29, 0.717) is 12.2 Å². The van der Waals surface area contributed by atoms with E-state index in [2.05, 4.69) is 10.1 Å². The summed E-state index contributed by atoms with van der Waals surface area (Å²) in [6, 6.07) is 0.00359. The van der Waals surface area contributed by atoms with E-state index in [4.69, 9.17) is 5.73 Å². The van der Waals surface area contributed by atoms with Crippen LogP contribution in [0, 0.1) is 0 Å². The maximum atomic E-state index is 11.8. The van der Waals surface area contributed by atoms with Gasteiger partial charge in [-0.3, -0.25) is 0 Å². The van der Waals surface area contributed by atoms with Gasteiger partial charge in [0.15, 0.2) is 9.84 Å². The lowest BCUT2D eigenvalue weighted by Gasteiger charge is -2.10. The quantitative estimate of drug-likeness (QED) is 0.804. The Morgan fingerprint density at radius 1 is 1.41 bits per heavy atom. The van der Waals surface area contributed by atoms with Crippen molar-refractivity contribution in [1.29, 1.82) is 0 Å². The van der Waals surface area contributed by atoms with Gasteiger partial charge in [0, 0.05) is 12.1 Å². The third kappa shape index (κ3) is 4.43. The van der Waals surface area contributed by atoms with Gasteiger partial charge in [0.1, 0.15) is 17.9 Å². The lowest BCUT2D eigenvalue weighted by Crippen LogP contribution is -2.22. The monoisotopic (exact) mass is 260 g/mol. The predicted octanol–water partition coefficient (Wildman–Crippen LogP) is 0.511. The van der Waals surface area contributed by atoms with Crippen molar-refractivity contribution >= 4 is 9.84 Å². The van der Waals surface area contributed by atoms with E-state index < -0.39 is 9.84 Å². The summed E-state index contributed by atoms with van der Waals surface area (Å²) in [5, 5.41) is 4.01. The Morgan fingerprint density at radius 2 is 2.06 bits per heavy atom. The SMILES string of the molecule is CC(N)CCS(=O)(=O)Cc1ncnn1C(C)C. The number of nitrogens with zero attached hydrogens (tertiary/aromatic N) is 3. The van der Waals surface area contributed by atoms with Crippen LogP contribution in [0.5, 0.6) is 0 Å². The summed E-state index contributed by atoms with van der Waals surface area (Å²) in [5.41, 5.74) is 5.55. The van der Waals surface area contributed by atoms with Crippen LogP contribution in [0.1, 0.15) is 39.1 Å². The zero-order valence-corrected chi connectivity index (χ0v) is 11.3. The molecule has 0 aliphatic carbocycles. The molecule has 1 aromatic heterocycles. The molecule has 1 rings (SSSR count). The number of sulfone groups is 1. The maximum Gasteiger partial charge on any atom is 0.157 e. The first kappa shape index (κ1) is 14.1. The van der Waals surface area contributed by atoms with Gasteiger partial charge in [-0.1, -0.05) is 0 Å². The zero-order chi connectivity index (χ0) is 13.1. The Bertz CT molecular complexity index is 451. The van der Waals surface area contributed by atoms with E-state index in [9.17, 15) is 8.42 Å². The van der Waals surface area contributed by atoms with Crippen molar-refractivity contribution < 1.29 is 8.42 Å². The molecule has 0 bridgehead atoms. The normalized spacial score (nSPS) is 14.2. The molecule has 7 heteroatoms. The van der Waals surface area contributed by atoms with E-state index >= 15 is 0 Å². The molecule has 17 heavy (non-hydrogen) atoms. The summed E-state index contributed by atoms with van der Waals surface area (Å²) in [7, 11) is -3.16. The van der Waals surface area contributed by atoms with Gasteiger partial charge in [-0.2, -0.15) is 5.10 Å². The second kappa shape index (κ2) is 5.59. The van der Waals surface area contributed by atoms with Crippen molar-refractivity contribution in [2.75, 3.05) is 5.75 Å². The van der Waals surface area contributed by atoms with Crippen LogP contribution in [0.2, 0.25) is 0 Å². The van der Waals surface area contributed by atoms with E-state index in [0.717, 1.165) is 0 Å². The van der Waals surface area contributed by atoms with Crippen LogP contribution in [0.4, 0.5) is 0 Å². The lowest BCUT2D eigenvalue weighted by atomic mass is 10.3. The molecule has 0 aromatic carbocycles. The molecule has 0 saturated carbocycles. The number of nitrogens with two attached hydrogens (primary N) is 1. The molecular weight excluding hydrogens is 240 g/mol. The van der Waals surface area contributed by atoms with Gasteiger partial charge in [-0.25, -0.2) is 18.1 Å². The summed E-state index contributed by atoms with van der Waals surface area (Å²) in [5.74, 6) is 0.512. The van der Waals surface area contributed by atoms with Crippen LogP contribution >= 0.6 is 0 Å². The first-order chi connectivity index (χ1) is 7.82. The second-order valence-electron chi connectivity index (χ2n) is 4.57. The van der Waals surface area contributed by atoms with Crippen molar-refractivity contribution in [3.05, 3.63) is 12.2 Å². The van der Waals surface area contributed by atoms with Gasteiger partial charge < -0.3 is 5.73 Å². The fraction of sp³-hybridized carbons (Fsp3) is 0.800. The highest BCUT2D eigenvalue weighted by Gasteiger charge is 2.18. The van der Waals surface area contributed by atoms with E-state index in [1.807, 2.05) is 13.8 Å². The van der Waals surface area contributed by atoms with Crippen LogP contribution in [-0.2, 0) is 15.6 Å². The first-order valence-electron chi connectivity index (χ1n) is 5.66. The summed E-state index contributed by atoms with van der Waals surface area (Å²) in [4.78, 5) is 3.99. The Balaban J connectivity index is 2.73. The largest absolute Gasteiger partial charge is 0.328 e. The Kier molecular flexibility index (Phi) is 4.64. The second-order valence-corrected chi connectivity index (χ2v) is 6.76. The molecule has 6 nitrogen and oxygen atoms in total. The Labute approximate surface area is 102 Å². The van der Waals surface area contributed by atoms with Crippen LogP contribution in [0.25, 0.3) is 0 Å². The average molecular weight is 260 g/mol. The van der Waals surface area contributed by atoms with E-state index in [1.165, 1.54) is 6.33 Å². The van der Waals surface area contributed by atoms with Gasteiger partial charge in [-0.05, 0) is 27.2 Å². The third-order valence-corrected chi connectivity index (χ3v) is 3.93. The minimum Gasteiger partial charge on any atom is -0.328 e. The smallest absolute Gasteiger partial charge is 0.157 e. The number of rotatable bonds is 6. The Hall–Kier alpha value is -0.950. The summed E-state index contributed by atoms with van der Waals surface area (Å²) in [6.45, 7) is 5.67. The number of hydrogen-bond acceptors (Lipinski definition) is 5. The molecule has 1 heterocycles. The minimum atomic E-state index is -3.16. The van der Waals surface area contributed by atoms with Gasteiger partial charge >= 0.3 is 0 Å². The molecule has 0 radical (unpaired) electrons. The predicted molar refractivity (Wildman–Crippen MR) is 66.2 cm³/mol. The summed E-state index contributed by atoms with van der Waals surface area (Å²) >= 11 is 0. The molecule has 0 spiro atoms. The average Bonchev–Trinajstić information content (AvgIpc) is 2.62. The Morgan fingerprint density at radius 3 is 2.59 bits per heavy atom. The van der Waals surface area contributed by atoms with Crippen LogP contribution < -0.4 is 5.73 Å². The van der Waals surface area contributed by atoms with Crippen LogP contribution in [0.3, 0.4) is 0 Å². The van der Waals surface area contributed by atoms with E-state index in [1.54, 1.807) is 11.6 Å². The molecule has 0 amide bonds. The maximum absolute atomic E-state index is 11.8. The summed E-state index contributed by atoms with van der Waals surface area (Å²) < 4.78 is 25.3. The minimum absolute atomic E-state index is 0.0715. The molecule has 1 atom stereocenters. The molecule has 2 N–H and O–H groups in total. The van der Waals surface area contributed by atoms with E-state index in [-0.39, 0.29) is 23.6 Å². The van der Waals surface area contributed by atoms with Gasteiger partial charge in [0.05, 0.1) is 5.75 Å². The highest BCUT2D eigenvalue weighted by Crippen LogP contribution is 2.10. The zero-order valence-electron chi connectivity index (χ0n) is 10.5. The fourth-order valence-corrected chi connectivity index (χ4v) is 2.92. The van der Waals surface area contributed by atoms with Gasteiger partial charge in [0.25, 0.3) is 0 Å². The molecule has 98 valence electrons. The molecule has 0 saturated heterocycles. The fourth-order valence-electron chi connectivity index (χ4n) is 1.44. The number of aromatic nitrogens is 3. The molecule has 1 unspecified atom stereocenters. The summed E-state index contributed by atoms with van der Waals surface area (Å²) in [6.07, 6.45) is 1.86. The van der Waals surface area contributed by atoms with Crippen molar-refractivity contribution in [3.8, 4) is 0 Å². The molecular formula is C10H20N4O2S. The van der Waals surface area contributed by atoms with Crippen LogP contribution in [-0.4, -0.2) is 35.0 Å². The lowest BCUT2D eigenvalue weighted by molar-refractivity contribution is 0.510. The van der Waals surface area contributed by atoms with Gasteiger partial charge in [0.2, 0.25) is 0 Å². The van der Waals surface area contributed by atoms with Gasteiger partial charge in [-0.15, -0.1) is 0 Å². The number of hydrogen-bond donors (Lipinski definition) is 1. The standard InChI is InChI=1S/C10H20N4O2S/c1-8(2)14-10(12-7-13-14)6-17(15,16)5-4-9(3)11/h7-9H,4-6,11H2,1-3H3. The molecule has 0 fully saturated rings. The molecule has 1 aromatic rings. The van der Waals surface area contributed by atoms with Crippen molar-refractivity contribution in [2.24, 2.45) is 5.73 Å². The van der Waals surface area contributed by atoms with Crippen molar-refractivity contribution in [1.82, 2.24) is 14.8 Å². The molecule has 0 aliphatic rings.